The number of hydrogen-bond acceptors (Lipinski definition) is 4. The van der Waals surface area contributed by atoms with Crippen LogP contribution < -0.4 is 19.1 Å². The maximum absolute atomic E-state index is 13.2. The third-order valence-electron chi connectivity index (χ3n) is 4.64. The van der Waals surface area contributed by atoms with Gasteiger partial charge in [-0.2, -0.15) is 0 Å². The van der Waals surface area contributed by atoms with E-state index in [1.807, 2.05) is 23.1 Å². The number of aryl methyl sites for hydroxylation is 1. The molecule has 0 fully saturated rings. The molecule has 25 heavy (non-hydrogen) atoms. The number of carbonyl (C=O) groups is 1. The van der Waals surface area contributed by atoms with Crippen LogP contribution in [0.2, 0.25) is 0 Å². The molecular formula is C20H21NO4. The summed E-state index contributed by atoms with van der Waals surface area (Å²) >= 11 is 0. The van der Waals surface area contributed by atoms with Crippen molar-refractivity contribution in [3.05, 3.63) is 47.5 Å². The first-order valence-electron chi connectivity index (χ1n) is 8.65. The monoisotopic (exact) mass is 339 g/mol. The van der Waals surface area contributed by atoms with Crippen molar-refractivity contribution in [3.8, 4) is 17.2 Å². The Morgan fingerprint density at radius 1 is 1.08 bits per heavy atom. The lowest BCUT2D eigenvalue weighted by Gasteiger charge is -2.31. The van der Waals surface area contributed by atoms with Crippen molar-refractivity contribution in [2.24, 2.45) is 0 Å². The molecule has 130 valence electrons. The van der Waals surface area contributed by atoms with Gasteiger partial charge in [0.1, 0.15) is 5.75 Å². The number of anilines is 1. The number of rotatable bonds is 2. The number of fused-ring (bicyclic) bond motifs is 2. The van der Waals surface area contributed by atoms with E-state index in [4.69, 9.17) is 14.2 Å². The van der Waals surface area contributed by atoms with Gasteiger partial charge in [0.15, 0.2) is 11.5 Å². The molecular weight excluding hydrogens is 318 g/mol. The molecule has 2 aliphatic heterocycles. The van der Waals surface area contributed by atoms with Crippen LogP contribution in [0, 0.1) is 0 Å². The van der Waals surface area contributed by atoms with Crippen LogP contribution in [0.1, 0.15) is 28.8 Å². The van der Waals surface area contributed by atoms with Gasteiger partial charge in [-0.1, -0.05) is 12.1 Å². The minimum atomic E-state index is -0.0407. The second kappa shape index (κ2) is 6.67. The van der Waals surface area contributed by atoms with Crippen LogP contribution in [0.15, 0.2) is 36.4 Å². The fourth-order valence-corrected chi connectivity index (χ4v) is 3.44. The fraction of sp³-hybridized carbons (Fsp3) is 0.350. The molecule has 0 aliphatic carbocycles. The van der Waals surface area contributed by atoms with E-state index >= 15 is 0 Å². The van der Waals surface area contributed by atoms with E-state index in [-0.39, 0.29) is 5.91 Å². The first-order valence-corrected chi connectivity index (χ1v) is 8.65. The van der Waals surface area contributed by atoms with E-state index in [0.29, 0.717) is 36.8 Å². The highest BCUT2D eigenvalue weighted by atomic mass is 16.5. The van der Waals surface area contributed by atoms with Crippen molar-refractivity contribution in [2.45, 2.75) is 19.3 Å². The summed E-state index contributed by atoms with van der Waals surface area (Å²) in [5, 5.41) is 0. The Balaban J connectivity index is 1.70. The van der Waals surface area contributed by atoms with Gasteiger partial charge < -0.3 is 19.1 Å². The van der Waals surface area contributed by atoms with Crippen molar-refractivity contribution >= 4 is 11.6 Å². The third kappa shape index (κ3) is 2.90. The first-order chi connectivity index (χ1) is 12.3. The molecule has 4 rings (SSSR count). The highest BCUT2D eigenvalue weighted by Gasteiger charge is 2.27. The third-order valence-corrected chi connectivity index (χ3v) is 4.64. The number of amides is 1. The van der Waals surface area contributed by atoms with E-state index < -0.39 is 0 Å². The van der Waals surface area contributed by atoms with Gasteiger partial charge in [-0.25, -0.2) is 0 Å². The summed E-state index contributed by atoms with van der Waals surface area (Å²) in [7, 11) is 1.64. The van der Waals surface area contributed by atoms with E-state index in [2.05, 4.69) is 6.07 Å². The van der Waals surface area contributed by atoms with Crippen LogP contribution in [-0.4, -0.2) is 32.8 Å². The van der Waals surface area contributed by atoms with Crippen molar-refractivity contribution in [2.75, 3.05) is 31.8 Å². The number of benzene rings is 2. The number of hydrogen-bond donors (Lipinski definition) is 0. The minimum absolute atomic E-state index is 0.0407. The molecule has 0 N–H and O–H groups in total. The zero-order valence-corrected chi connectivity index (χ0v) is 14.3. The summed E-state index contributed by atoms with van der Waals surface area (Å²) in [6.45, 7) is 1.92. The molecule has 0 saturated carbocycles. The van der Waals surface area contributed by atoms with Gasteiger partial charge in [-0.3, -0.25) is 4.79 Å². The molecule has 2 aliphatic rings. The number of carbonyl (C=O) groups excluding carboxylic acids is 1. The van der Waals surface area contributed by atoms with Crippen molar-refractivity contribution in [1.82, 2.24) is 0 Å². The molecule has 2 aromatic rings. The number of para-hydroxylation sites is 1. The van der Waals surface area contributed by atoms with Crippen molar-refractivity contribution < 1.29 is 19.0 Å². The van der Waals surface area contributed by atoms with Crippen molar-refractivity contribution in [1.29, 1.82) is 0 Å². The van der Waals surface area contributed by atoms with Gasteiger partial charge in [-0.05, 0) is 42.7 Å². The lowest BCUT2D eigenvalue weighted by Crippen LogP contribution is -2.35. The van der Waals surface area contributed by atoms with Gasteiger partial charge in [0, 0.05) is 18.5 Å². The Bertz CT molecular complexity index is 788. The molecule has 0 saturated heterocycles. The molecule has 1 amide bonds. The Labute approximate surface area is 147 Å². The van der Waals surface area contributed by atoms with E-state index in [1.54, 1.807) is 19.2 Å². The molecule has 0 aromatic heterocycles. The zero-order chi connectivity index (χ0) is 17.2. The van der Waals surface area contributed by atoms with Crippen LogP contribution in [0.3, 0.4) is 0 Å². The topological polar surface area (TPSA) is 48.0 Å². The fourth-order valence-electron chi connectivity index (χ4n) is 3.44. The Morgan fingerprint density at radius 3 is 2.76 bits per heavy atom. The van der Waals surface area contributed by atoms with Gasteiger partial charge in [0.25, 0.3) is 5.91 Å². The second-order valence-corrected chi connectivity index (χ2v) is 6.24. The first kappa shape index (κ1) is 15.8. The normalized spacial score (nSPS) is 16.0. The van der Waals surface area contributed by atoms with Gasteiger partial charge in [0.2, 0.25) is 0 Å². The standard InChI is InChI=1S/C20H21NO4/c1-23-17-7-2-5-14-6-3-10-21(19(14)17)20(22)15-8-9-16-18(13-15)25-12-4-11-24-16/h2,5,7-9,13H,3-4,6,10-12H2,1H3. The second-order valence-electron chi connectivity index (χ2n) is 6.24. The maximum atomic E-state index is 13.2. The minimum Gasteiger partial charge on any atom is -0.495 e. The van der Waals surface area contributed by atoms with Crippen molar-refractivity contribution in [3.63, 3.8) is 0 Å². The van der Waals surface area contributed by atoms with Gasteiger partial charge >= 0.3 is 0 Å². The molecule has 0 radical (unpaired) electrons. The smallest absolute Gasteiger partial charge is 0.258 e. The van der Waals surface area contributed by atoms with Crippen LogP contribution in [0.25, 0.3) is 0 Å². The lowest BCUT2D eigenvalue weighted by molar-refractivity contribution is 0.0984. The summed E-state index contributed by atoms with van der Waals surface area (Å²) in [4.78, 5) is 15.0. The summed E-state index contributed by atoms with van der Waals surface area (Å²) in [5.74, 6) is 2.03. The number of nitrogens with zero attached hydrogens (tertiary/aromatic N) is 1. The van der Waals surface area contributed by atoms with E-state index in [0.717, 1.165) is 36.3 Å². The quantitative estimate of drug-likeness (QED) is 0.841. The van der Waals surface area contributed by atoms with E-state index in [1.165, 1.54) is 0 Å². The highest BCUT2D eigenvalue weighted by Crippen LogP contribution is 2.38. The summed E-state index contributed by atoms with van der Waals surface area (Å²) in [5.41, 5.74) is 2.63. The maximum Gasteiger partial charge on any atom is 0.258 e. The van der Waals surface area contributed by atoms with E-state index in [9.17, 15) is 4.79 Å². The predicted molar refractivity (Wildman–Crippen MR) is 95.0 cm³/mol. The van der Waals surface area contributed by atoms with Crippen LogP contribution in [0.4, 0.5) is 5.69 Å². The zero-order valence-electron chi connectivity index (χ0n) is 14.3. The lowest BCUT2D eigenvalue weighted by atomic mass is 10.00. The highest BCUT2D eigenvalue weighted by molar-refractivity contribution is 6.08. The number of ether oxygens (including phenoxy) is 3. The molecule has 5 heteroatoms. The molecule has 0 unspecified atom stereocenters. The Hall–Kier alpha value is -2.69. The molecule has 0 bridgehead atoms. The number of methoxy groups -OCH3 is 1. The average Bonchev–Trinajstić information content (AvgIpc) is 2.91. The molecule has 0 atom stereocenters. The molecule has 5 nitrogen and oxygen atoms in total. The van der Waals surface area contributed by atoms with Crippen LogP contribution in [-0.2, 0) is 6.42 Å². The average molecular weight is 339 g/mol. The molecule has 0 spiro atoms. The van der Waals surface area contributed by atoms with Crippen LogP contribution in [0.5, 0.6) is 17.2 Å². The SMILES string of the molecule is COc1cccc2c1N(C(=O)c1ccc3c(c1)OCCCO3)CCC2. The molecule has 2 aromatic carbocycles. The summed E-state index contributed by atoms with van der Waals surface area (Å²) in [6.07, 6.45) is 2.74. The van der Waals surface area contributed by atoms with Gasteiger partial charge in [0.05, 0.1) is 26.0 Å². The molecule has 2 heterocycles. The Morgan fingerprint density at radius 2 is 1.92 bits per heavy atom. The van der Waals surface area contributed by atoms with Crippen LogP contribution >= 0.6 is 0 Å². The summed E-state index contributed by atoms with van der Waals surface area (Å²) in [6, 6.07) is 11.3. The largest absolute Gasteiger partial charge is 0.495 e. The predicted octanol–water partition coefficient (Wildman–Crippen LogP) is 3.45. The summed E-state index contributed by atoms with van der Waals surface area (Å²) < 4.78 is 16.9. The Kier molecular flexibility index (Phi) is 4.22. The van der Waals surface area contributed by atoms with Gasteiger partial charge in [-0.15, -0.1) is 0 Å².